The van der Waals surface area contributed by atoms with Crippen LogP contribution in [-0.2, 0) is 7.05 Å². The molecule has 1 rings (SSSR count). The Labute approximate surface area is 88.5 Å². The molecule has 0 aliphatic heterocycles. The Balaban J connectivity index is 2.67. The van der Waals surface area contributed by atoms with E-state index in [1.807, 2.05) is 20.9 Å². The number of aliphatic hydroxyl groups is 1. The fourth-order valence-corrected chi connectivity index (χ4v) is 2.18. The quantitative estimate of drug-likeness (QED) is 0.736. The van der Waals surface area contributed by atoms with Gasteiger partial charge in [-0.05, 0) is 12.8 Å². The summed E-state index contributed by atoms with van der Waals surface area (Å²) < 4.78 is 1.79. The maximum Gasteiger partial charge on any atom is 0.117 e. The molecule has 14 heavy (non-hydrogen) atoms. The summed E-state index contributed by atoms with van der Waals surface area (Å²) >= 11 is 1.64. The lowest BCUT2D eigenvalue weighted by molar-refractivity contribution is 0.250. The Morgan fingerprint density at radius 1 is 1.64 bits per heavy atom. The van der Waals surface area contributed by atoms with Crippen molar-refractivity contribution in [3.05, 3.63) is 5.69 Å². The van der Waals surface area contributed by atoms with Gasteiger partial charge in [-0.25, -0.2) is 0 Å². The van der Waals surface area contributed by atoms with Crippen LogP contribution in [0.3, 0.4) is 0 Å². The van der Waals surface area contributed by atoms with Crippen LogP contribution in [0.5, 0.6) is 0 Å². The number of hydrogen-bond donors (Lipinski definition) is 2. The maximum absolute atomic E-state index is 8.89. The maximum atomic E-state index is 8.89. The lowest BCUT2D eigenvalue weighted by Crippen LogP contribution is -2.05. The van der Waals surface area contributed by atoms with Crippen molar-refractivity contribution >= 4 is 17.4 Å². The standard InChI is InChI=1S/C9H17N3OS/c1-6(4-13)5-14-9-8(10)7(2)11-12(9)3/h6,13H,4-5,10H2,1-3H3. The largest absolute Gasteiger partial charge is 0.396 e. The van der Waals surface area contributed by atoms with E-state index in [2.05, 4.69) is 5.10 Å². The van der Waals surface area contributed by atoms with Crippen LogP contribution in [0.4, 0.5) is 5.69 Å². The average molecular weight is 215 g/mol. The second-order valence-electron chi connectivity index (χ2n) is 3.53. The Hall–Kier alpha value is -0.680. The molecular formula is C9H17N3OS. The highest BCUT2D eigenvalue weighted by molar-refractivity contribution is 7.99. The molecule has 1 atom stereocenters. The van der Waals surface area contributed by atoms with Crippen molar-refractivity contribution < 1.29 is 5.11 Å². The summed E-state index contributed by atoms with van der Waals surface area (Å²) in [7, 11) is 1.88. The molecule has 0 fully saturated rings. The fraction of sp³-hybridized carbons (Fsp3) is 0.667. The lowest BCUT2D eigenvalue weighted by atomic mass is 10.2. The van der Waals surface area contributed by atoms with Crippen LogP contribution in [0.15, 0.2) is 5.03 Å². The van der Waals surface area contributed by atoms with Crippen molar-refractivity contribution in [1.29, 1.82) is 0 Å². The van der Waals surface area contributed by atoms with Gasteiger partial charge in [0.15, 0.2) is 0 Å². The van der Waals surface area contributed by atoms with Crippen LogP contribution >= 0.6 is 11.8 Å². The van der Waals surface area contributed by atoms with Gasteiger partial charge < -0.3 is 10.8 Å². The molecule has 0 radical (unpaired) electrons. The van der Waals surface area contributed by atoms with E-state index in [-0.39, 0.29) is 12.5 Å². The molecule has 0 aromatic carbocycles. The van der Waals surface area contributed by atoms with E-state index in [0.717, 1.165) is 22.2 Å². The van der Waals surface area contributed by atoms with Crippen LogP contribution in [0.1, 0.15) is 12.6 Å². The van der Waals surface area contributed by atoms with Crippen molar-refractivity contribution in [2.75, 3.05) is 18.1 Å². The minimum atomic E-state index is 0.212. The van der Waals surface area contributed by atoms with Crippen LogP contribution in [0.25, 0.3) is 0 Å². The first-order valence-electron chi connectivity index (χ1n) is 4.59. The van der Waals surface area contributed by atoms with Gasteiger partial charge >= 0.3 is 0 Å². The van der Waals surface area contributed by atoms with Crippen LogP contribution in [0, 0.1) is 12.8 Å². The van der Waals surface area contributed by atoms with Crippen molar-refractivity contribution in [2.45, 2.75) is 18.9 Å². The third-order valence-corrected chi connectivity index (χ3v) is 3.52. The van der Waals surface area contributed by atoms with Crippen LogP contribution < -0.4 is 5.73 Å². The SMILES string of the molecule is Cc1nn(C)c(SCC(C)CO)c1N. The molecule has 0 spiro atoms. The van der Waals surface area contributed by atoms with E-state index >= 15 is 0 Å². The van der Waals surface area contributed by atoms with E-state index in [1.165, 1.54) is 0 Å². The number of nitrogens with zero attached hydrogens (tertiary/aromatic N) is 2. The fourth-order valence-electron chi connectivity index (χ4n) is 1.10. The van der Waals surface area contributed by atoms with E-state index in [1.54, 1.807) is 16.4 Å². The van der Waals surface area contributed by atoms with E-state index in [0.29, 0.717) is 0 Å². The van der Waals surface area contributed by atoms with E-state index < -0.39 is 0 Å². The lowest BCUT2D eigenvalue weighted by Gasteiger charge is -2.07. The van der Waals surface area contributed by atoms with Gasteiger partial charge in [-0.2, -0.15) is 5.10 Å². The molecule has 0 saturated heterocycles. The number of anilines is 1. The first-order valence-corrected chi connectivity index (χ1v) is 5.57. The number of hydrogen-bond acceptors (Lipinski definition) is 4. The Kier molecular flexibility index (Phi) is 3.83. The van der Waals surface area contributed by atoms with Gasteiger partial charge in [-0.3, -0.25) is 4.68 Å². The number of rotatable bonds is 4. The minimum absolute atomic E-state index is 0.212. The number of aryl methyl sites for hydroxylation is 2. The molecule has 1 heterocycles. The van der Waals surface area contributed by atoms with Gasteiger partial charge in [0.25, 0.3) is 0 Å². The Bertz CT molecular complexity index is 311. The monoisotopic (exact) mass is 215 g/mol. The molecule has 0 aliphatic rings. The number of thioether (sulfide) groups is 1. The molecule has 3 N–H and O–H groups in total. The molecule has 80 valence electrons. The van der Waals surface area contributed by atoms with Crippen molar-refractivity contribution in [3.8, 4) is 0 Å². The first-order chi connectivity index (χ1) is 6.56. The summed E-state index contributed by atoms with van der Waals surface area (Å²) in [6, 6.07) is 0. The zero-order valence-electron chi connectivity index (χ0n) is 8.82. The third kappa shape index (κ3) is 2.42. The second-order valence-corrected chi connectivity index (χ2v) is 4.54. The summed E-state index contributed by atoms with van der Waals surface area (Å²) in [4.78, 5) is 0. The number of aliphatic hydroxyl groups excluding tert-OH is 1. The Morgan fingerprint density at radius 3 is 2.71 bits per heavy atom. The van der Waals surface area contributed by atoms with Gasteiger partial charge in [0.1, 0.15) is 5.03 Å². The summed E-state index contributed by atoms with van der Waals surface area (Å²) in [5, 5.41) is 14.1. The molecule has 0 saturated carbocycles. The van der Waals surface area contributed by atoms with Gasteiger partial charge in [0, 0.05) is 19.4 Å². The zero-order valence-corrected chi connectivity index (χ0v) is 9.64. The first kappa shape index (κ1) is 11.4. The van der Waals surface area contributed by atoms with E-state index in [4.69, 9.17) is 10.8 Å². The molecule has 5 heteroatoms. The molecule has 0 bridgehead atoms. The van der Waals surface area contributed by atoms with Gasteiger partial charge in [-0.15, -0.1) is 11.8 Å². The molecule has 1 unspecified atom stereocenters. The molecule has 1 aromatic heterocycles. The minimum Gasteiger partial charge on any atom is -0.396 e. The second kappa shape index (κ2) is 4.70. The van der Waals surface area contributed by atoms with Crippen molar-refractivity contribution in [2.24, 2.45) is 13.0 Å². The van der Waals surface area contributed by atoms with Crippen molar-refractivity contribution in [3.63, 3.8) is 0 Å². The number of nitrogens with two attached hydrogens (primary N) is 1. The van der Waals surface area contributed by atoms with Gasteiger partial charge in [0.05, 0.1) is 11.4 Å². The third-order valence-electron chi connectivity index (χ3n) is 2.03. The summed E-state index contributed by atoms with van der Waals surface area (Å²) in [5.74, 6) is 1.15. The summed E-state index contributed by atoms with van der Waals surface area (Å²) in [5.41, 5.74) is 7.48. The predicted molar refractivity (Wildman–Crippen MR) is 59.3 cm³/mol. The number of aromatic nitrogens is 2. The molecule has 0 aliphatic carbocycles. The van der Waals surface area contributed by atoms with Crippen LogP contribution in [0.2, 0.25) is 0 Å². The van der Waals surface area contributed by atoms with Gasteiger partial charge in [-0.1, -0.05) is 6.92 Å². The topological polar surface area (TPSA) is 64.1 Å². The smallest absolute Gasteiger partial charge is 0.117 e. The highest BCUT2D eigenvalue weighted by Gasteiger charge is 2.11. The normalized spacial score (nSPS) is 13.1. The van der Waals surface area contributed by atoms with E-state index in [9.17, 15) is 0 Å². The summed E-state index contributed by atoms with van der Waals surface area (Å²) in [6.45, 7) is 4.12. The number of nitrogen functional groups attached to an aromatic ring is 1. The molecular weight excluding hydrogens is 198 g/mol. The van der Waals surface area contributed by atoms with Crippen molar-refractivity contribution in [1.82, 2.24) is 9.78 Å². The molecule has 1 aromatic rings. The zero-order chi connectivity index (χ0) is 10.7. The average Bonchev–Trinajstić information content (AvgIpc) is 2.39. The molecule has 4 nitrogen and oxygen atoms in total. The summed E-state index contributed by atoms with van der Waals surface area (Å²) in [6.07, 6.45) is 0. The Morgan fingerprint density at radius 2 is 2.29 bits per heavy atom. The molecule has 0 amide bonds. The predicted octanol–water partition coefficient (Wildman–Crippen LogP) is 1.03. The highest BCUT2D eigenvalue weighted by Crippen LogP contribution is 2.28. The highest BCUT2D eigenvalue weighted by atomic mass is 32.2. The van der Waals surface area contributed by atoms with Crippen LogP contribution in [-0.4, -0.2) is 27.2 Å². The van der Waals surface area contributed by atoms with Gasteiger partial charge in [0.2, 0.25) is 0 Å².